The van der Waals surface area contributed by atoms with Crippen LogP contribution >= 0.6 is 11.6 Å². The molecule has 0 aromatic carbocycles. The molecule has 4 nitrogen and oxygen atoms in total. The van der Waals surface area contributed by atoms with Crippen LogP contribution in [0, 0.1) is 0 Å². The van der Waals surface area contributed by atoms with Gasteiger partial charge in [-0.1, -0.05) is 18.5 Å². The van der Waals surface area contributed by atoms with Gasteiger partial charge in [-0.2, -0.15) is 0 Å². The van der Waals surface area contributed by atoms with E-state index in [-0.39, 0.29) is 0 Å². The summed E-state index contributed by atoms with van der Waals surface area (Å²) in [5.74, 6) is 1.86. The van der Waals surface area contributed by atoms with Gasteiger partial charge in [0.05, 0.1) is 10.7 Å². The zero-order valence-corrected chi connectivity index (χ0v) is 10.1. The van der Waals surface area contributed by atoms with Crippen LogP contribution in [-0.2, 0) is 10.8 Å². The van der Waals surface area contributed by atoms with Crippen molar-refractivity contribution in [3.05, 3.63) is 17.3 Å². The molecule has 1 aromatic rings. The highest BCUT2D eigenvalue weighted by atomic mass is 35.5. The molecule has 0 fully saturated rings. The van der Waals surface area contributed by atoms with Crippen LogP contribution in [0.4, 0.5) is 11.5 Å². The Bertz CT molecular complexity index is 359. The van der Waals surface area contributed by atoms with Gasteiger partial charge in [0, 0.05) is 35.0 Å². The molecule has 0 aliphatic heterocycles. The topological polar surface area (TPSA) is 68.0 Å². The first-order chi connectivity index (χ1) is 7.13. The summed E-state index contributed by atoms with van der Waals surface area (Å²) in [7, 11) is -0.769. The van der Waals surface area contributed by atoms with E-state index in [4.69, 9.17) is 17.3 Å². The van der Waals surface area contributed by atoms with Crippen molar-refractivity contribution in [2.24, 2.45) is 0 Å². The number of halogens is 1. The number of nitrogen functional groups attached to an aromatic ring is 1. The normalized spacial score (nSPS) is 12.4. The highest BCUT2D eigenvalue weighted by molar-refractivity contribution is 7.84. The fraction of sp³-hybridized carbons (Fsp3) is 0.444. The van der Waals surface area contributed by atoms with E-state index in [1.807, 2.05) is 6.92 Å². The fourth-order valence-corrected chi connectivity index (χ4v) is 1.81. The molecule has 1 heterocycles. The van der Waals surface area contributed by atoms with Gasteiger partial charge in [-0.3, -0.25) is 4.21 Å². The number of anilines is 2. The molecule has 1 aromatic heterocycles. The third-order valence-corrected chi connectivity index (χ3v) is 3.34. The summed E-state index contributed by atoms with van der Waals surface area (Å²) >= 11 is 5.70. The predicted molar refractivity (Wildman–Crippen MR) is 65.7 cm³/mol. The minimum Gasteiger partial charge on any atom is -0.396 e. The molecular weight excluding hydrogens is 234 g/mol. The Morgan fingerprint density at radius 2 is 2.40 bits per heavy atom. The quantitative estimate of drug-likeness (QED) is 0.828. The average molecular weight is 248 g/mol. The van der Waals surface area contributed by atoms with E-state index in [1.54, 1.807) is 6.07 Å². The van der Waals surface area contributed by atoms with Crippen LogP contribution in [-0.4, -0.2) is 27.2 Å². The van der Waals surface area contributed by atoms with E-state index in [0.29, 0.717) is 34.6 Å². The van der Waals surface area contributed by atoms with Crippen molar-refractivity contribution >= 4 is 33.9 Å². The Kier molecular flexibility index (Phi) is 4.84. The standard InChI is InChI=1S/C9H14ClN3OS/c1-2-15(14)4-3-12-9-8(11)5-7(10)6-13-9/h5-6H,2-4,11H2,1H3,(H,12,13). The van der Waals surface area contributed by atoms with Crippen molar-refractivity contribution in [2.75, 3.05) is 29.1 Å². The van der Waals surface area contributed by atoms with E-state index >= 15 is 0 Å². The van der Waals surface area contributed by atoms with Crippen molar-refractivity contribution in [2.45, 2.75) is 6.92 Å². The average Bonchev–Trinajstić information content (AvgIpc) is 2.21. The molecule has 6 heteroatoms. The molecule has 0 saturated carbocycles. The molecular formula is C9H14ClN3OS. The first-order valence-corrected chi connectivity index (χ1v) is 6.50. The Hall–Kier alpha value is -0.810. The number of hydrogen-bond donors (Lipinski definition) is 2. The van der Waals surface area contributed by atoms with E-state index in [2.05, 4.69) is 10.3 Å². The lowest BCUT2D eigenvalue weighted by atomic mass is 10.4. The monoisotopic (exact) mass is 247 g/mol. The summed E-state index contributed by atoms with van der Waals surface area (Å²) in [6.07, 6.45) is 1.52. The molecule has 0 amide bonds. The lowest BCUT2D eigenvalue weighted by molar-refractivity contribution is 0.684. The second-order valence-corrected chi connectivity index (χ2v) is 5.25. The molecule has 1 atom stereocenters. The minimum absolute atomic E-state index is 0.504. The molecule has 3 N–H and O–H groups in total. The molecule has 0 bridgehead atoms. The Balaban J connectivity index is 2.47. The predicted octanol–water partition coefficient (Wildman–Crippen LogP) is 1.50. The minimum atomic E-state index is -0.769. The van der Waals surface area contributed by atoms with E-state index in [9.17, 15) is 4.21 Å². The first-order valence-electron chi connectivity index (χ1n) is 4.63. The van der Waals surface area contributed by atoms with Crippen molar-refractivity contribution in [1.82, 2.24) is 4.98 Å². The van der Waals surface area contributed by atoms with Crippen LogP contribution in [0.25, 0.3) is 0 Å². The number of nitrogens with two attached hydrogens (primary N) is 1. The molecule has 1 unspecified atom stereocenters. The number of nitrogens with one attached hydrogen (secondary N) is 1. The molecule has 0 saturated heterocycles. The fourth-order valence-electron chi connectivity index (χ4n) is 1.03. The van der Waals surface area contributed by atoms with E-state index in [0.717, 1.165) is 0 Å². The van der Waals surface area contributed by atoms with Crippen LogP contribution < -0.4 is 11.1 Å². The SMILES string of the molecule is CCS(=O)CCNc1ncc(Cl)cc1N. The van der Waals surface area contributed by atoms with E-state index < -0.39 is 10.8 Å². The van der Waals surface area contributed by atoms with Crippen LogP contribution in [0.5, 0.6) is 0 Å². The van der Waals surface area contributed by atoms with Crippen LogP contribution in [0.2, 0.25) is 5.02 Å². The summed E-state index contributed by atoms with van der Waals surface area (Å²) < 4.78 is 11.1. The molecule has 0 aliphatic carbocycles. The molecule has 15 heavy (non-hydrogen) atoms. The van der Waals surface area contributed by atoms with Crippen molar-refractivity contribution in [3.63, 3.8) is 0 Å². The Labute approximate surface area is 96.7 Å². The highest BCUT2D eigenvalue weighted by Gasteiger charge is 2.01. The largest absolute Gasteiger partial charge is 0.396 e. The lowest BCUT2D eigenvalue weighted by Gasteiger charge is -2.07. The van der Waals surface area contributed by atoms with Crippen LogP contribution in [0.15, 0.2) is 12.3 Å². The van der Waals surface area contributed by atoms with Gasteiger partial charge in [0.2, 0.25) is 0 Å². The van der Waals surface area contributed by atoms with Gasteiger partial charge in [-0.05, 0) is 6.07 Å². The van der Waals surface area contributed by atoms with Crippen LogP contribution in [0.1, 0.15) is 6.92 Å². The second-order valence-electron chi connectivity index (χ2n) is 2.95. The summed E-state index contributed by atoms with van der Waals surface area (Å²) in [4.78, 5) is 4.03. The van der Waals surface area contributed by atoms with Gasteiger partial charge in [0.15, 0.2) is 0 Å². The van der Waals surface area contributed by atoms with Gasteiger partial charge in [-0.15, -0.1) is 0 Å². The molecule has 84 valence electrons. The zero-order chi connectivity index (χ0) is 11.3. The molecule has 0 radical (unpaired) electrons. The molecule has 1 rings (SSSR count). The smallest absolute Gasteiger partial charge is 0.149 e. The van der Waals surface area contributed by atoms with Crippen molar-refractivity contribution in [1.29, 1.82) is 0 Å². The number of nitrogens with zero attached hydrogens (tertiary/aromatic N) is 1. The third-order valence-electron chi connectivity index (χ3n) is 1.83. The third kappa shape index (κ3) is 4.05. The van der Waals surface area contributed by atoms with Gasteiger partial charge in [-0.25, -0.2) is 4.98 Å². The second kappa shape index (κ2) is 5.92. The summed E-state index contributed by atoms with van der Waals surface area (Å²) in [6, 6.07) is 1.63. The molecule has 0 aliphatic rings. The maximum atomic E-state index is 11.1. The Morgan fingerprint density at radius 3 is 3.00 bits per heavy atom. The number of aromatic nitrogens is 1. The maximum Gasteiger partial charge on any atom is 0.149 e. The number of rotatable bonds is 5. The first kappa shape index (κ1) is 12.3. The number of pyridine rings is 1. The lowest BCUT2D eigenvalue weighted by Crippen LogP contribution is -2.13. The van der Waals surface area contributed by atoms with Crippen molar-refractivity contribution < 1.29 is 4.21 Å². The van der Waals surface area contributed by atoms with Gasteiger partial charge < -0.3 is 11.1 Å². The number of hydrogen-bond acceptors (Lipinski definition) is 4. The summed E-state index contributed by atoms with van der Waals surface area (Å²) in [5, 5.41) is 3.53. The molecule has 0 spiro atoms. The van der Waals surface area contributed by atoms with E-state index in [1.165, 1.54) is 6.20 Å². The summed E-state index contributed by atoms with van der Waals surface area (Å²) in [6.45, 7) is 2.49. The van der Waals surface area contributed by atoms with Gasteiger partial charge in [0.25, 0.3) is 0 Å². The van der Waals surface area contributed by atoms with Gasteiger partial charge in [0.1, 0.15) is 5.82 Å². The Morgan fingerprint density at radius 1 is 1.67 bits per heavy atom. The highest BCUT2D eigenvalue weighted by Crippen LogP contribution is 2.18. The van der Waals surface area contributed by atoms with Crippen LogP contribution in [0.3, 0.4) is 0 Å². The van der Waals surface area contributed by atoms with Crippen molar-refractivity contribution in [3.8, 4) is 0 Å². The summed E-state index contributed by atoms with van der Waals surface area (Å²) in [5.41, 5.74) is 6.19. The zero-order valence-electron chi connectivity index (χ0n) is 8.50. The van der Waals surface area contributed by atoms with Gasteiger partial charge >= 0.3 is 0 Å². The maximum absolute atomic E-state index is 11.1.